The lowest BCUT2D eigenvalue weighted by molar-refractivity contribution is 0.719. The highest BCUT2D eigenvalue weighted by Crippen LogP contribution is 2.19. The lowest BCUT2D eigenvalue weighted by Gasteiger charge is -2.10. The van der Waals surface area contributed by atoms with Crippen LogP contribution in [-0.4, -0.2) is 19.7 Å². The summed E-state index contributed by atoms with van der Waals surface area (Å²) in [6.45, 7) is 4.37. The Hall–Kier alpha value is -1.62. The van der Waals surface area contributed by atoms with E-state index in [1.54, 1.807) is 6.20 Å². The zero-order valence-corrected chi connectivity index (χ0v) is 10.8. The molecule has 0 bridgehead atoms. The second kappa shape index (κ2) is 4.71. The van der Waals surface area contributed by atoms with Crippen LogP contribution in [0, 0.1) is 13.8 Å². The number of aromatic nitrogens is 4. The van der Waals surface area contributed by atoms with Crippen molar-refractivity contribution in [3.8, 4) is 0 Å². The molecule has 6 heteroatoms. The SMILES string of the molecule is Cc1nc(Cl)c(C)c(NCc2ccnn2C)n1. The Bertz CT molecular complexity index is 535. The lowest BCUT2D eigenvalue weighted by atomic mass is 10.3. The molecule has 1 N–H and O–H groups in total. The maximum atomic E-state index is 6.00. The molecular formula is C11H14ClN5. The van der Waals surface area contributed by atoms with Crippen LogP contribution in [0.2, 0.25) is 5.15 Å². The number of hydrogen-bond donors (Lipinski definition) is 1. The van der Waals surface area contributed by atoms with Gasteiger partial charge in [0.15, 0.2) is 0 Å². The van der Waals surface area contributed by atoms with Crippen molar-refractivity contribution in [2.75, 3.05) is 5.32 Å². The van der Waals surface area contributed by atoms with E-state index in [1.165, 1.54) is 0 Å². The fourth-order valence-corrected chi connectivity index (χ4v) is 1.73. The molecule has 0 aliphatic rings. The molecule has 2 heterocycles. The molecule has 0 fully saturated rings. The average Bonchev–Trinajstić information content (AvgIpc) is 2.67. The minimum absolute atomic E-state index is 0.491. The van der Waals surface area contributed by atoms with Gasteiger partial charge in [-0.15, -0.1) is 0 Å². The van der Waals surface area contributed by atoms with Crippen LogP contribution in [0.1, 0.15) is 17.1 Å². The first-order valence-corrected chi connectivity index (χ1v) is 5.67. The Morgan fingerprint density at radius 2 is 2.12 bits per heavy atom. The molecule has 0 saturated carbocycles. The first-order chi connectivity index (χ1) is 8.08. The summed E-state index contributed by atoms with van der Waals surface area (Å²) in [5.41, 5.74) is 1.94. The van der Waals surface area contributed by atoms with E-state index in [9.17, 15) is 0 Å². The van der Waals surface area contributed by atoms with Crippen molar-refractivity contribution < 1.29 is 0 Å². The average molecular weight is 252 g/mol. The second-order valence-electron chi connectivity index (χ2n) is 3.83. The molecule has 5 nitrogen and oxygen atoms in total. The third-order valence-corrected chi connectivity index (χ3v) is 2.93. The third kappa shape index (κ3) is 2.55. The van der Waals surface area contributed by atoms with Gasteiger partial charge in [0, 0.05) is 18.8 Å². The fourth-order valence-electron chi connectivity index (χ4n) is 1.52. The van der Waals surface area contributed by atoms with Crippen LogP contribution in [0.25, 0.3) is 0 Å². The summed E-state index contributed by atoms with van der Waals surface area (Å²) in [4.78, 5) is 8.42. The number of hydrogen-bond acceptors (Lipinski definition) is 4. The molecule has 2 aromatic rings. The Morgan fingerprint density at radius 1 is 1.35 bits per heavy atom. The number of aryl methyl sites for hydroxylation is 2. The van der Waals surface area contributed by atoms with Crippen LogP contribution in [-0.2, 0) is 13.6 Å². The number of nitrogens with zero attached hydrogens (tertiary/aromatic N) is 4. The predicted octanol–water partition coefficient (Wildman–Crippen LogP) is 2.09. The van der Waals surface area contributed by atoms with Gasteiger partial charge in [0.25, 0.3) is 0 Å². The summed E-state index contributed by atoms with van der Waals surface area (Å²) in [7, 11) is 1.90. The van der Waals surface area contributed by atoms with E-state index in [2.05, 4.69) is 20.4 Å². The van der Waals surface area contributed by atoms with Crippen molar-refractivity contribution in [3.05, 3.63) is 34.5 Å². The van der Waals surface area contributed by atoms with Gasteiger partial charge in [-0.05, 0) is 19.9 Å². The fraction of sp³-hybridized carbons (Fsp3) is 0.364. The highest BCUT2D eigenvalue weighted by Gasteiger charge is 2.07. The molecule has 0 saturated heterocycles. The highest BCUT2D eigenvalue weighted by atomic mass is 35.5. The van der Waals surface area contributed by atoms with Gasteiger partial charge in [-0.2, -0.15) is 5.10 Å². The van der Waals surface area contributed by atoms with Crippen LogP contribution in [0.15, 0.2) is 12.3 Å². The summed E-state index contributed by atoms with van der Waals surface area (Å²) in [5.74, 6) is 1.43. The van der Waals surface area contributed by atoms with Crippen molar-refractivity contribution in [1.29, 1.82) is 0 Å². The number of halogens is 1. The van der Waals surface area contributed by atoms with Crippen molar-refractivity contribution in [1.82, 2.24) is 19.7 Å². The topological polar surface area (TPSA) is 55.6 Å². The van der Waals surface area contributed by atoms with Crippen molar-refractivity contribution >= 4 is 17.4 Å². The Morgan fingerprint density at radius 3 is 2.76 bits per heavy atom. The molecule has 0 atom stereocenters. The molecule has 0 aliphatic heterocycles. The van der Waals surface area contributed by atoms with Gasteiger partial charge in [0.05, 0.1) is 12.2 Å². The molecule has 0 radical (unpaired) electrons. The van der Waals surface area contributed by atoms with E-state index in [4.69, 9.17) is 11.6 Å². The number of rotatable bonds is 3. The number of anilines is 1. The molecule has 0 unspecified atom stereocenters. The monoisotopic (exact) mass is 251 g/mol. The Kier molecular flexibility index (Phi) is 3.28. The number of nitrogens with one attached hydrogen (secondary N) is 1. The normalized spacial score (nSPS) is 10.6. The third-order valence-electron chi connectivity index (χ3n) is 2.56. The maximum Gasteiger partial charge on any atom is 0.137 e. The molecule has 17 heavy (non-hydrogen) atoms. The summed E-state index contributed by atoms with van der Waals surface area (Å²) in [6.07, 6.45) is 1.77. The zero-order valence-electron chi connectivity index (χ0n) is 10.0. The minimum Gasteiger partial charge on any atom is -0.364 e. The minimum atomic E-state index is 0.491. The van der Waals surface area contributed by atoms with Crippen molar-refractivity contribution in [2.45, 2.75) is 20.4 Å². The second-order valence-corrected chi connectivity index (χ2v) is 4.19. The molecular weight excluding hydrogens is 238 g/mol. The molecule has 0 spiro atoms. The van der Waals surface area contributed by atoms with Crippen molar-refractivity contribution in [2.24, 2.45) is 7.05 Å². The van der Waals surface area contributed by atoms with E-state index in [0.717, 1.165) is 17.1 Å². The smallest absolute Gasteiger partial charge is 0.137 e. The first kappa shape index (κ1) is 11.9. The Labute approximate surface area is 105 Å². The molecule has 0 aromatic carbocycles. The van der Waals surface area contributed by atoms with Crippen LogP contribution in [0.4, 0.5) is 5.82 Å². The Balaban J connectivity index is 2.17. The lowest BCUT2D eigenvalue weighted by Crippen LogP contribution is -2.09. The van der Waals surface area contributed by atoms with E-state index in [0.29, 0.717) is 17.5 Å². The molecule has 90 valence electrons. The van der Waals surface area contributed by atoms with E-state index in [1.807, 2.05) is 31.6 Å². The van der Waals surface area contributed by atoms with Crippen LogP contribution >= 0.6 is 11.6 Å². The molecule has 2 aromatic heterocycles. The predicted molar refractivity (Wildman–Crippen MR) is 67.1 cm³/mol. The van der Waals surface area contributed by atoms with E-state index < -0.39 is 0 Å². The summed E-state index contributed by atoms with van der Waals surface area (Å²) in [5, 5.41) is 7.84. The van der Waals surface area contributed by atoms with Gasteiger partial charge >= 0.3 is 0 Å². The molecule has 2 rings (SSSR count). The van der Waals surface area contributed by atoms with E-state index >= 15 is 0 Å². The van der Waals surface area contributed by atoms with Crippen LogP contribution in [0.5, 0.6) is 0 Å². The van der Waals surface area contributed by atoms with Gasteiger partial charge in [-0.3, -0.25) is 4.68 Å². The van der Waals surface area contributed by atoms with Gasteiger partial charge in [0.1, 0.15) is 16.8 Å². The van der Waals surface area contributed by atoms with Crippen molar-refractivity contribution in [3.63, 3.8) is 0 Å². The highest BCUT2D eigenvalue weighted by molar-refractivity contribution is 6.30. The summed E-state index contributed by atoms with van der Waals surface area (Å²) < 4.78 is 1.82. The standard InChI is InChI=1S/C11H14ClN5/c1-7-10(12)15-8(2)16-11(7)13-6-9-4-5-14-17(9)3/h4-5H,6H2,1-3H3,(H,13,15,16). The zero-order chi connectivity index (χ0) is 12.4. The maximum absolute atomic E-state index is 6.00. The quantitative estimate of drug-likeness (QED) is 0.849. The van der Waals surface area contributed by atoms with Gasteiger partial charge in [-0.1, -0.05) is 11.6 Å². The largest absolute Gasteiger partial charge is 0.364 e. The van der Waals surface area contributed by atoms with Gasteiger partial charge in [0.2, 0.25) is 0 Å². The van der Waals surface area contributed by atoms with Crippen LogP contribution < -0.4 is 5.32 Å². The molecule has 0 amide bonds. The van der Waals surface area contributed by atoms with Gasteiger partial charge in [-0.25, -0.2) is 9.97 Å². The molecule has 0 aliphatic carbocycles. The van der Waals surface area contributed by atoms with E-state index in [-0.39, 0.29) is 0 Å². The van der Waals surface area contributed by atoms with Crippen LogP contribution in [0.3, 0.4) is 0 Å². The van der Waals surface area contributed by atoms with Gasteiger partial charge < -0.3 is 5.32 Å². The summed E-state index contributed by atoms with van der Waals surface area (Å²) in [6, 6.07) is 1.96. The first-order valence-electron chi connectivity index (χ1n) is 5.29. The summed E-state index contributed by atoms with van der Waals surface area (Å²) >= 11 is 6.00.